The predicted octanol–water partition coefficient (Wildman–Crippen LogP) is 8.59. The smallest absolute Gasteiger partial charge is 0.230 e. The van der Waals surface area contributed by atoms with Crippen molar-refractivity contribution in [2.24, 2.45) is 58.7 Å². The molecule has 1 aromatic rings. The van der Waals surface area contributed by atoms with Crippen molar-refractivity contribution >= 4 is 17.3 Å². The van der Waals surface area contributed by atoms with Crippen LogP contribution >= 0.6 is 0 Å². The number of carbonyl (C=O) groups excluding carboxylic acids is 1. The molecule has 12 bridgehead atoms. The molecular formula is C37H50N2O. The molecule has 0 aliphatic heterocycles. The monoisotopic (exact) mass is 538 g/mol. The number of carbonyl (C=O) groups is 1. The van der Waals surface area contributed by atoms with Crippen molar-refractivity contribution in [1.82, 2.24) is 0 Å². The topological polar surface area (TPSA) is 32.3 Å². The minimum absolute atomic E-state index is 0.0791. The molecule has 12 fully saturated rings. The summed E-state index contributed by atoms with van der Waals surface area (Å²) in [5.74, 6) is 8.55. The second-order valence-corrected chi connectivity index (χ2v) is 17.8. The third-order valence-corrected chi connectivity index (χ3v) is 14.8. The number of hydrogen-bond acceptors (Lipinski definition) is 2. The zero-order chi connectivity index (χ0) is 26.3. The highest BCUT2D eigenvalue weighted by Gasteiger charge is 2.62. The first-order valence-electron chi connectivity index (χ1n) is 17.7. The second kappa shape index (κ2) is 8.10. The minimum atomic E-state index is -0.0791. The highest BCUT2D eigenvalue weighted by atomic mass is 16.2. The van der Waals surface area contributed by atoms with Crippen molar-refractivity contribution in [2.75, 3.05) is 10.2 Å². The molecule has 0 saturated heterocycles. The summed E-state index contributed by atoms with van der Waals surface area (Å²) in [5, 5.41) is 3.58. The molecule has 0 aromatic heterocycles. The van der Waals surface area contributed by atoms with Gasteiger partial charge in [0, 0.05) is 22.5 Å². The number of nitrogens with zero attached hydrogens (tertiary/aromatic N) is 1. The minimum Gasteiger partial charge on any atom is -0.360 e. The van der Waals surface area contributed by atoms with E-state index in [-0.39, 0.29) is 5.41 Å². The third kappa shape index (κ3) is 3.45. The van der Waals surface area contributed by atoms with Gasteiger partial charge in [0.25, 0.3) is 0 Å². The Hall–Kier alpha value is -1.51. The molecule has 0 radical (unpaired) electrons. The molecular weight excluding hydrogens is 488 g/mol. The summed E-state index contributed by atoms with van der Waals surface area (Å²) in [6.45, 7) is 0. The van der Waals surface area contributed by atoms with E-state index in [2.05, 4.69) is 34.5 Å². The van der Waals surface area contributed by atoms with Crippen LogP contribution in [0, 0.1) is 58.7 Å². The number of benzene rings is 1. The van der Waals surface area contributed by atoms with E-state index in [0.717, 1.165) is 78.2 Å². The molecule has 40 heavy (non-hydrogen) atoms. The van der Waals surface area contributed by atoms with Gasteiger partial charge in [0.2, 0.25) is 5.91 Å². The van der Waals surface area contributed by atoms with Crippen LogP contribution in [0.2, 0.25) is 0 Å². The second-order valence-electron chi connectivity index (χ2n) is 17.8. The molecule has 13 rings (SSSR count). The van der Waals surface area contributed by atoms with Crippen molar-refractivity contribution in [1.29, 1.82) is 0 Å². The van der Waals surface area contributed by atoms with Crippen LogP contribution in [0.3, 0.4) is 0 Å². The van der Waals surface area contributed by atoms with Gasteiger partial charge in [-0.15, -0.1) is 0 Å². The Morgan fingerprint density at radius 1 is 0.575 bits per heavy atom. The first-order valence-corrected chi connectivity index (χ1v) is 17.7. The van der Waals surface area contributed by atoms with Crippen LogP contribution in [-0.2, 0) is 4.79 Å². The highest BCUT2D eigenvalue weighted by Crippen LogP contribution is 2.65. The van der Waals surface area contributed by atoms with Crippen molar-refractivity contribution < 1.29 is 4.79 Å². The van der Waals surface area contributed by atoms with E-state index in [1.165, 1.54) is 102 Å². The number of amides is 1. The first-order chi connectivity index (χ1) is 19.4. The van der Waals surface area contributed by atoms with Crippen LogP contribution in [-0.4, -0.2) is 17.0 Å². The average Bonchev–Trinajstić information content (AvgIpc) is 2.86. The lowest BCUT2D eigenvalue weighted by Crippen LogP contribution is -2.70. The fourth-order valence-corrected chi connectivity index (χ4v) is 15.1. The van der Waals surface area contributed by atoms with Gasteiger partial charge in [-0.25, -0.2) is 0 Å². The first kappa shape index (κ1) is 24.0. The average molecular weight is 539 g/mol. The molecule has 1 aromatic carbocycles. The van der Waals surface area contributed by atoms with E-state index in [1.807, 2.05) is 0 Å². The zero-order valence-electron chi connectivity index (χ0n) is 24.6. The molecule has 1 N–H and O–H groups in total. The van der Waals surface area contributed by atoms with Crippen LogP contribution in [0.5, 0.6) is 0 Å². The van der Waals surface area contributed by atoms with Gasteiger partial charge in [0.05, 0.1) is 5.41 Å². The summed E-state index contributed by atoms with van der Waals surface area (Å²) in [5.41, 5.74) is 3.20. The maximum atomic E-state index is 14.1. The van der Waals surface area contributed by atoms with Gasteiger partial charge < -0.3 is 10.2 Å². The lowest BCUT2D eigenvalue weighted by atomic mass is 9.48. The van der Waals surface area contributed by atoms with Gasteiger partial charge in [-0.2, -0.15) is 0 Å². The quantitative estimate of drug-likeness (QED) is 0.407. The van der Waals surface area contributed by atoms with Gasteiger partial charge in [0.15, 0.2) is 0 Å². The highest BCUT2D eigenvalue weighted by molar-refractivity contribution is 5.96. The van der Waals surface area contributed by atoms with Gasteiger partial charge >= 0.3 is 0 Å². The summed E-state index contributed by atoms with van der Waals surface area (Å²) in [4.78, 5) is 17.2. The van der Waals surface area contributed by atoms with Gasteiger partial charge in [0.1, 0.15) is 0 Å². The summed E-state index contributed by atoms with van der Waals surface area (Å²) in [7, 11) is 0. The largest absolute Gasteiger partial charge is 0.360 e. The Balaban J connectivity index is 1.02. The summed E-state index contributed by atoms with van der Waals surface area (Å²) < 4.78 is 0. The van der Waals surface area contributed by atoms with Crippen LogP contribution in [0.1, 0.15) is 116 Å². The number of rotatable bonds is 5. The molecule has 12 aliphatic carbocycles. The van der Waals surface area contributed by atoms with Crippen LogP contribution in [0.4, 0.5) is 11.4 Å². The zero-order valence-corrected chi connectivity index (χ0v) is 24.6. The lowest BCUT2D eigenvalue weighted by molar-refractivity contribution is -0.140. The predicted molar refractivity (Wildman–Crippen MR) is 160 cm³/mol. The summed E-state index contributed by atoms with van der Waals surface area (Å²) >= 11 is 0. The Bertz CT molecular complexity index is 1080. The maximum Gasteiger partial charge on any atom is 0.230 e. The lowest BCUT2D eigenvalue weighted by Gasteiger charge is -2.69. The van der Waals surface area contributed by atoms with Crippen LogP contribution < -0.4 is 10.2 Å². The van der Waals surface area contributed by atoms with Crippen LogP contribution in [0.25, 0.3) is 0 Å². The Kier molecular flexibility index (Phi) is 4.86. The Labute approximate surface area is 241 Å². The van der Waals surface area contributed by atoms with E-state index in [4.69, 9.17) is 0 Å². The van der Waals surface area contributed by atoms with E-state index in [1.54, 1.807) is 0 Å². The van der Waals surface area contributed by atoms with Crippen molar-refractivity contribution in [2.45, 2.75) is 127 Å². The van der Waals surface area contributed by atoms with E-state index >= 15 is 0 Å². The van der Waals surface area contributed by atoms with Crippen molar-refractivity contribution in [3.8, 4) is 0 Å². The molecule has 3 heteroatoms. The third-order valence-electron chi connectivity index (χ3n) is 14.8. The Morgan fingerprint density at radius 3 is 1.35 bits per heavy atom. The van der Waals surface area contributed by atoms with Gasteiger partial charge in [-0.05, 0) is 187 Å². The maximum absolute atomic E-state index is 14.1. The Morgan fingerprint density at radius 2 is 0.950 bits per heavy atom. The van der Waals surface area contributed by atoms with Crippen molar-refractivity contribution in [3.63, 3.8) is 0 Å². The SMILES string of the molecule is O=C(Nc1cccc(N(C23CC4CC(CC(C4)C2)C3)C23CC4CC(CC(C4)C2)C3)c1)C12CC3CC(CC(C3)C1)C2. The molecule has 0 unspecified atom stereocenters. The number of anilines is 2. The fraction of sp³-hybridized carbons (Fsp3) is 0.811. The fourth-order valence-electron chi connectivity index (χ4n) is 15.1. The summed E-state index contributed by atoms with van der Waals surface area (Å²) in [6.07, 6.45) is 25.3. The molecule has 12 saturated carbocycles. The molecule has 0 atom stereocenters. The molecule has 214 valence electrons. The van der Waals surface area contributed by atoms with Crippen molar-refractivity contribution in [3.05, 3.63) is 24.3 Å². The normalized spacial score (nSPS) is 52.4. The van der Waals surface area contributed by atoms with Crippen LogP contribution in [0.15, 0.2) is 24.3 Å². The molecule has 1 amide bonds. The summed E-state index contributed by atoms with van der Waals surface area (Å²) in [6, 6.07) is 9.41. The standard InChI is InChI=1S/C37H50N2O/c40-34(35-14-23-4-24(15-35)6-25(5-23)16-35)38-32-2-1-3-33(13-32)39(36-17-26-7-27(18-36)9-28(8-26)19-36)37-20-29-10-30(21-37)12-31(11-29)22-37/h1-3,13,23-31H,4-12,14-22H2,(H,38,40). The molecule has 3 nitrogen and oxygen atoms in total. The molecule has 12 aliphatic rings. The molecule has 0 spiro atoms. The number of hydrogen-bond donors (Lipinski definition) is 1. The van der Waals surface area contributed by atoms with Gasteiger partial charge in [-0.3, -0.25) is 4.79 Å². The van der Waals surface area contributed by atoms with E-state index < -0.39 is 0 Å². The van der Waals surface area contributed by atoms with E-state index in [0.29, 0.717) is 17.0 Å². The van der Waals surface area contributed by atoms with E-state index in [9.17, 15) is 4.79 Å². The number of nitrogens with one attached hydrogen (secondary N) is 1. The van der Waals surface area contributed by atoms with Gasteiger partial charge in [-0.1, -0.05) is 6.07 Å². The molecule has 0 heterocycles.